The molecule has 84 valence electrons. The summed E-state index contributed by atoms with van der Waals surface area (Å²) in [6.07, 6.45) is 2.61. The van der Waals surface area contributed by atoms with E-state index in [9.17, 15) is 0 Å². The third kappa shape index (κ3) is 2.74. The van der Waals surface area contributed by atoms with Gasteiger partial charge in [-0.15, -0.1) is 0 Å². The van der Waals surface area contributed by atoms with E-state index in [0.717, 1.165) is 24.4 Å². The average Bonchev–Trinajstić information content (AvgIpc) is 2.79. The first-order valence-electron chi connectivity index (χ1n) is 5.43. The molecule has 0 radical (unpaired) electrons. The van der Waals surface area contributed by atoms with Crippen LogP contribution in [0.5, 0.6) is 0 Å². The zero-order valence-electron chi connectivity index (χ0n) is 9.05. The Bertz CT molecular complexity index is 318. The summed E-state index contributed by atoms with van der Waals surface area (Å²) < 4.78 is 5.44. The minimum Gasteiger partial charge on any atom is -0.448 e. The molecule has 0 aromatic carbocycles. The molecule has 1 aromatic rings. The normalized spacial score (nSPS) is 17.5. The molecule has 1 saturated heterocycles. The van der Waals surface area contributed by atoms with Crippen LogP contribution in [-0.4, -0.2) is 25.0 Å². The van der Waals surface area contributed by atoms with Crippen molar-refractivity contribution in [1.82, 2.24) is 10.2 Å². The molecule has 0 saturated carbocycles. The van der Waals surface area contributed by atoms with Crippen LogP contribution in [0.2, 0.25) is 5.22 Å². The SMILES string of the molecule is CNCc1cc(CN2CCCC2)c(Cl)o1. The van der Waals surface area contributed by atoms with Crippen LogP contribution in [0.1, 0.15) is 24.2 Å². The van der Waals surface area contributed by atoms with Gasteiger partial charge >= 0.3 is 0 Å². The molecule has 1 N–H and O–H groups in total. The van der Waals surface area contributed by atoms with Gasteiger partial charge in [0.25, 0.3) is 0 Å². The Morgan fingerprint density at radius 1 is 1.47 bits per heavy atom. The van der Waals surface area contributed by atoms with Gasteiger partial charge in [0.15, 0.2) is 5.22 Å². The summed E-state index contributed by atoms with van der Waals surface area (Å²) in [5.41, 5.74) is 1.11. The van der Waals surface area contributed by atoms with E-state index < -0.39 is 0 Å². The van der Waals surface area contributed by atoms with Crippen LogP contribution >= 0.6 is 11.6 Å². The predicted molar refractivity (Wildman–Crippen MR) is 61.0 cm³/mol. The largest absolute Gasteiger partial charge is 0.448 e. The van der Waals surface area contributed by atoms with Crippen LogP contribution < -0.4 is 5.32 Å². The molecule has 0 spiro atoms. The fourth-order valence-electron chi connectivity index (χ4n) is 2.01. The van der Waals surface area contributed by atoms with Gasteiger partial charge in [0.1, 0.15) is 5.76 Å². The van der Waals surface area contributed by atoms with E-state index in [4.69, 9.17) is 16.0 Å². The number of hydrogen-bond donors (Lipinski definition) is 1. The van der Waals surface area contributed by atoms with Crippen LogP contribution in [0, 0.1) is 0 Å². The molecular formula is C11H17ClN2O. The summed E-state index contributed by atoms with van der Waals surface area (Å²) in [5, 5.41) is 3.60. The summed E-state index contributed by atoms with van der Waals surface area (Å²) in [7, 11) is 1.90. The number of likely N-dealkylation sites (tertiary alicyclic amines) is 1. The molecule has 1 aliphatic rings. The maximum atomic E-state index is 6.04. The maximum Gasteiger partial charge on any atom is 0.197 e. The molecule has 1 aliphatic heterocycles. The van der Waals surface area contributed by atoms with Crippen molar-refractivity contribution < 1.29 is 4.42 Å². The summed E-state index contributed by atoms with van der Waals surface area (Å²) in [5.74, 6) is 0.914. The number of nitrogens with one attached hydrogen (secondary N) is 1. The molecule has 0 amide bonds. The highest BCUT2D eigenvalue weighted by molar-refractivity contribution is 6.29. The highest BCUT2D eigenvalue weighted by atomic mass is 35.5. The molecule has 3 nitrogen and oxygen atoms in total. The molecule has 2 heterocycles. The highest BCUT2D eigenvalue weighted by Gasteiger charge is 2.16. The van der Waals surface area contributed by atoms with E-state index >= 15 is 0 Å². The smallest absolute Gasteiger partial charge is 0.197 e. The zero-order valence-corrected chi connectivity index (χ0v) is 9.81. The van der Waals surface area contributed by atoms with Crippen molar-refractivity contribution in [2.24, 2.45) is 0 Å². The van der Waals surface area contributed by atoms with E-state index in [1.807, 2.05) is 7.05 Å². The quantitative estimate of drug-likeness (QED) is 0.857. The van der Waals surface area contributed by atoms with Crippen molar-refractivity contribution in [3.05, 3.63) is 22.6 Å². The van der Waals surface area contributed by atoms with Crippen LogP contribution in [0.15, 0.2) is 10.5 Å². The monoisotopic (exact) mass is 228 g/mol. The molecule has 1 fully saturated rings. The fourth-order valence-corrected chi connectivity index (χ4v) is 2.23. The van der Waals surface area contributed by atoms with Gasteiger partial charge < -0.3 is 9.73 Å². The molecule has 4 heteroatoms. The van der Waals surface area contributed by atoms with E-state index in [0.29, 0.717) is 5.22 Å². The average molecular weight is 229 g/mol. The Kier molecular flexibility index (Phi) is 3.67. The maximum absolute atomic E-state index is 6.04. The lowest BCUT2D eigenvalue weighted by atomic mass is 10.3. The third-order valence-electron chi connectivity index (χ3n) is 2.75. The van der Waals surface area contributed by atoms with E-state index in [2.05, 4.69) is 16.3 Å². The second-order valence-corrected chi connectivity index (χ2v) is 4.37. The van der Waals surface area contributed by atoms with Gasteiger partial charge in [-0.2, -0.15) is 0 Å². The van der Waals surface area contributed by atoms with Crippen molar-refractivity contribution in [2.45, 2.75) is 25.9 Å². The number of rotatable bonds is 4. The second-order valence-electron chi connectivity index (χ2n) is 4.03. The minimum atomic E-state index is 0.548. The van der Waals surface area contributed by atoms with Gasteiger partial charge in [-0.25, -0.2) is 0 Å². The van der Waals surface area contributed by atoms with E-state index in [1.165, 1.54) is 25.9 Å². The van der Waals surface area contributed by atoms with Crippen molar-refractivity contribution in [1.29, 1.82) is 0 Å². The summed E-state index contributed by atoms with van der Waals surface area (Å²) in [6.45, 7) is 4.03. The predicted octanol–water partition coefficient (Wildman–Crippen LogP) is 2.25. The lowest BCUT2D eigenvalue weighted by molar-refractivity contribution is 0.330. The number of halogens is 1. The number of hydrogen-bond acceptors (Lipinski definition) is 3. The molecule has 0 aliphatic carbocycles. The second kappa shape index (κ2) is 5.01. The Balaban J connectivity index is 2.00. The van der Waals surface area contributed by atoms with Crippen molar-refractivity contribution >= 4 is 11.6 Å². The zero-order chi connectivity index (χ0) is 10.7. The van der Waals surface area contributed by atoms with Crippen LogP contribution in [0.25, 0.3) is 0 Å². The van der Waals surface area contributed by atoms with E-state index in [-0.39, 0.29) is 0 Å². The lowest BCUT2D eigenvalue weighted by Crippen LogP contribution is -2.18. The lowest BCUT2D eigenvalue weighted by Gasteiger charge is -2.12. The fraction of sp³-hybridized carbons (Fsp3) is 0.636. The number of nitrogens with zero attached hydrogens (tertiary/aromatic N) is 1. The van der Waals surface area contributed by atoms with Crippen LogP contribution in [-0.2, 0) is 13.1 Å². The highest BCUT2D eigenvalue weighted by Crippen LogP contribution is 2.23. The standard InChI is InChI=1S/C11H17ClN2O/c1-13-7-10-6-9(11(12)15-10)8-14-4-2-3-5-14/h6,13H,2-5,7-8H2,1H3. The Morgan fingerprint density at radius 3 is 2.87 bits per heavy atom. The molecular weight excluding hydrogens is 212 g/mol. The van der Waals surface area contributed by atoms with Gasteiger partial charge in [-0.3, -0.25) is 4.90 Å². The first kappa shape index (κ1) is 11.0. The summed E-state index contributed by atoms with van der Waals surface area (Å²) in [6, 6.07) is 2.05. The third-order valence-corrected chi connectivity index (χ3v) is 3.07. The Hall–Kier alpha value is -0.510. The van der Waals surface area contributed by atoms with Crippen LogP contribution in [0.3, 0.4) is 0 Å². The Labute approximate surface area is 95.4 Å². The van der Waals surface area contributed by atoms with Gasteiger partial charge in [0.05, 0.1) is 6.54 Å². The van der Waals surface area contributed by atoms with Gasteiger partial charge in [-0.05, 0) is 50.6 Å². The van der Waals surface area contributed by atoms with Crippen LogP contribution in [0.4, 0.5) is 0 Å². The molecule has 2 rings (SSSR count). The molecule has 0 unspecified atom stereocenters. The molecule has 15 heavy (non-hydrogen) atoms. The van der Waals surface area contributed by atoms with Crippen molar-refractivity contribution in [3.8, 4) is 0 Å². The topological polar surface area (TPSA) is 28.4 Å². The minimum absolute atomic E-state index is 0.548. The first-order valence-corrected chi connectivity index (χ1v) is 5.81. The summed E-state index contributed by atoms with van der Waals surface area (Å²) in [4.78, 5) is 2.42. The van der Waals surface area contributed by atoms with Gasteiger partial charge in [-0.1, -0.05) is 0 Å². The number of furan rings is 1. The molecule has 0 bridgehead atoms. The van der Waals surface area contributed by atoms with Crippen molar-refractivity contribution in [3.63, 3.8) is 0 Å². The Morgan fingerprint density at radius 2 is 2.20 bits per heavy atom. The van der Waals surface area contributed by atoms with E-state index in [1.54, 1.807) is 0 Å². The first-order chi connectivity index (χ1) is 7.29. The van der Waals surface area contributed by atoms with Gasteiger partial charge in [0, 0.05) is 12.1 Å². The van der Waals surface area contributed by atoms with Gasteiger partial charge in [0.2, 0.25) is 0 Å². The molecule has 0 atom stereocenters. The molecule has 1 aromatic heterocycles. The summed E-state index contributed by atoms with van der Waals surface area (Å²) >= 11 is 6.04. The van der Waals surface area contributed by atoms with Crippen molar-refractivity contribution in [2.75, 3.05) is 20.1 Å².